The lowest BCUT2D eigenvalue weighted by molar-refractivity contribution is -0.138. The fraction of sp³-hybridized carbons (Fsp3) is 0.562. The summed E-state index contributed by atoms with van der Waals surface area (Å²) in [5, 5.41) is 6.09. The van der Waals surface area contributed by atoms with Gasteiger partial charge in [0.2, 0.25) is 5.91 Å². The van der Waals surface area contributed by atoms with E-state index in [0.29, 0.717) is 0 Å². The number of alkyl halides is 3. The molecule has 2 atom stereocenters. The van der Waals surface area contributed by atoms with Crippen LogP contribution in [-0.2, 0) is 11.0 Å². The fourth-order valence-electron chi connectivity index (χ4n) is 2.83. The van der Waals surface area contributed by atoms with Crippen LogP contribution in [0.15, 0.2) is 24.3 Å². The Bertz CT molecular complexity index is 510. The summed E-state index contributed by atoms with van der Waals surface area (Å²) < 4.78 is 39.0. The van der Waals surface area contributed by atoms with E-state index in [4.69, 9.17) is 0 Å². The Labute approximate surface area is 128 Å². The van der Waals surface area contributed by atoms with E-state index in [2.05, 4.69) is 10.6 Å². The molecule has 0 radical (unpaired) electrons. The van der Waals surface area contributed by atoms with Gasteiger partial charge in [0.15, 0.2) is 0 Å². The number of benzene rings is 1. The van der Waals surface area contributed by atoms with E-state index < -0.39 is 17.7 Å². The zero-order chi connectivity index (χ0) is 16.2. The van der Waals surface area contributed by atoms with Gasteiger partial charge in [0.1, 0.15) is 0 Å². The number of halogens is 3. The molecule has 1 saturated heterocycles. The minimum atomic E-state index is -4.39. The first-order chi connectivity index (χ1) is 10.4. The summed E-state index contributed by atoms with van der Waals surface area (Å²) in [4.78, 5) is 12.0. The molecule has 0 aromatic heterocycles. The van der Waals surface area contributed by atoms with Crippen molar-refractivity contribution in [3.8, 4) is 0 Å². The van der Waals surface area contributed by atoms with Crippen molar-refractivity contribution in [1.82, 2.24) is 10.6 Å². The Morgan fingerprint density at radius 2 is 2.14 bits per heavy atom. The van der Waals surface area contributed by atoms with Crippen LogP contribution in [0.3, 0.4) is 0 Å². The Morgan fingerprint density at radius 3 is 2.77 bits per heavy atom. The molecule has 1 heterocycles. The lowest BCUT2D eigenvalue weighted by Crippen LogP contribution is -2.45. The molecular formula is C16H21F3N2O. The third-order valence-corrected chi connectivity index (χ3v) is 3.95. The van der Waals surface area contributed by atoms with Crippen LogP contribution >= 0.6 is 0 Å². The predicted octanol–water partition coefficient (Wildman–Crippen LogP) is 3.07. The summed E-state index contributed by atoms with van der Waals surface area (Å²) in [6.45, 7) is 3.32. The SMILES string of the molecule is CC(CC(=O)N[C@H]1CCCNC1)c1ccccc1C(F)(F)F. The maximum atomic E-state index is 13.0. The average molecular weight is 314 g/mol. The van der Waals surface area contributed by atoms with Crippen molar-refractivity contribution in [1.29, 1.82) is 0 Å². The highest BCUT2D eigenvalue weighted by Crippen LogP contribution is 2.35. The van der Waals surface area contributed by atoms with Crippen LogP contribution in [0.2, 0.25) is 0 Å². The average Bonchev–Trinajstić information content (AvgIpc) is 2.47. The molecule has 3 nitrogen and oxygen atoms in total. The van der Waals surface area contributed by atoms with Crippen LogP contribution in [0, 0.1) is 0 Å². The molecule has 2 N–H and O–H groups in total. The third kappa shape index (κ3) is 4.47. The monoisotopic (exact) mass is 314 g/mol. The summed E-state index contributed by atoms with van der Waals surface area (Å²) in [5.74, 6) is -0.674. The van der Waals surface area contributed by atoms with Gasteiger partial charge in [-0.25, -0.2) is 0 Å². The van der Waals surface area contributed by atoms with Crippen molar-refractivity contribution in [2.45, 2.75) is 44.3 Å². The molecule has 0 saturated carbocycles. The van der Waals surface area contributed by atoms with Gasteiger partial charge in [-0.3, -0.25) is 4.79 Å². The molecule has 1 fully saturated rings. The van der Waals surface area contributed by atoms with Crippen LogP contribution in [0.1, 0.15) is 43.2 Å². The summed E-state index contributed by atoms with van der Waals surface area (Å²) >= 11 is 0. The molecule has 1 amide bonds. The quantitative estimate of drug-likeness (QED) is 0.897. The van der Waals surface area contributed by atoms with Crippen LogP contribution in [0.4, 0.5) is 13.2 Å². The number of carbonyl (C=O) groups is 1. The number of hydrogen-bond donors (Lipinski definition) is 2. The Balaban J connectivity index is 1.99. The van der Waals surface area contributed by atoms with Gasteiger partial charge in [0.05, 0.1) is 5.56 Å². The number of rotatable bonds is 4. The molecular weight excluding hydrogens is 293 g/mol. The van der Waals surface area contributed by atoms with E-state index in [1.54, 1.807) is 13.0 Å². The molecule has 0 bridgehead atoms. The molecule has 122 valence electrons. The zero-order valence-corrected chi connectivity index (χ0v) is 12.5. The zero-order valence-electron chi connectivity index (χ0n) is 12.5. The topological polar surface area (TPSA) is 41.1 Å². The Kier molecular flexibility index (Phi) is 5.45. The highest BCUT2D eigenvalue weighted by molar-refractivity contribution is 5.77. The van der Waals surface area contributed by atoms with Gasteiger partial charge < -0.3 is 10.6 Å². The second-order valence-electron chi connectivity index (χ2n) is 5.80. The second kappa shape index (κ2) is 7.13. The molecule has 22 heavy (non-hydrogen) atoms. The molecule has 6 heteroatoms. The van der Waals surface area contributed by atoms with E-state index in [1.807, 2.05) is 0 Å². The lowest BCUT2D eigenvalue weighted by atomic mass is 9.92. The van der Waals surface area contributed by atoms with Crippen LogP contribution in [0.5, 0.6) is 0 Å². The standard InChI is InChI=1S/C16H21F3N2O/c1-11(9-15(22)21-12-5-4-8-20-10-12)13-6-2-3-7-14(13)16(17,18)19/h2-3,6-7,11-12,20H,4-5,8-10H2,1H3,(H,21,22)/t11?,12-/m0/s1. The van der Waals surface area contributed by atoms with Crippen LogP contribution in [-0.4, -0.2) is 25.0 Å². The molecule has 0 spiro atoms. The first kappa shape index (κ1) is 16.8. The Morgan fingerprint density at radius 1 is 1.41 bits per heavy atom. The third-order valence-electron chi connectivity index (χ3n) is 3.95. The lowest BCUT2D eigenvalue weighted by Gasteiger charge is -2.25. The minimum Gasteiger partial charge on any atom is -0.352 e. The highest BCUT2D eigenvalue weighted by atomic mass is 19.4. The normalized spacial score (nSPS) is 20.5. The van der Waals surface area contributed by atoms with E-state index >= 15 is 0 Å². The molecule has 0 aliphatic carbocycles. The summed E-state index contributed by atoms with van der Waals surface area (Å²) in [7, 11) is 0. The summed E-state index contributed by atoms with van der Waals surface area (Å²) in [5.41, 5.74) is -0.485. The smallest absolute Gasteiger partial charge is 0.352 e. The fourth-order valence-corrected chi connectivity index (χ4v) is 2.83. The molecule has 2 rings (SSSR count). The van der Waals surface area contributed by atoms with Crippen LogP contribution in [0.25, 0.3) is 0 Å². The van der Waals surface area contributed by atoms with Gasteiger partial charge in [-0.05, 0) is 36.9 Å². The van der Waals surface area contributed by atoms with Crippen molar-refractivity contribution in [3.63, 3.8) is 0 Å². The van der Waals surface area contributed by atoms with Gasteiger partial charge in [-0.2, -0.15) is 13.2 Å². The second-order valence-corrected chi connectivity index (χ2v) is 5.80. The number of carbonyl (C=O) groups excluding carboxylic acids is 1. The van der Waals surface area contributed by atoms with Gasteiger partial charge in [0.25, 0.3) is 0 Å². The van der Waals surface area contributed by atoms with Crippen molar-refractivity contribution < 1.29 is 18.0 Å². The number of piperidine rings is 1. The molecule has 1 aliphatic heterocycles. The van der Waals surface area contributed by atoms with Crippen molar-refractivity contribution in [3.05, 3.63) is 35.4 Å². The minimum absolute atomic E-state index is 0.0591. The number of hydrogen-bond acceptors (Lipinski definition) is 2. The predicted molar refractivity (Wildman–Crippen MR) is 78.5 cm³/mol. The van der Waals surface area contributed by atoms with Crippen molar-refractivity contribution in [2.24, 2.45) is 0 Å². The summed E-state index contributed by atoms with van der Waals surface area (Å²) in [6.07, 6.45) is -2.43. The molecule has 1 aliphatic rings. The van der Waals surface area contributed by atoms with Gasteiger partial charge in [0, 0.05) is 19.0 Å². The number of amides is 1. The van der Waals surface area contributed by atoms with Gasteiger partial charge in [-0.15, -0.1) is 0 Å². The largest absolute Gasteiger partial charge is 0.416 e. The maximum absolute atomic E-state index is 13.0. The highest BCUT2D eigenvalue weighted by Gasteiger charge is 2.34. The first-order valence-corrected chi connectivity index (χ1v) is 7.54. The number of nitrogens with one attached hydrogen (secondary N) is 2. The molecule has 1 unspecified atom stereocenters. The van der Waals surface area contributed by atoms with Crippen molar-refractivity contribution in [2.75, 3.05) is 13.1 Å². The maximum Gasteiger partial charge on any atom is 0.416 e. The van der Waals surface area contributed by atoms with E-state index in [-0.39, 0.29) is 23.9 Å². The Hall–Kier alpha value is -1.56. The van der Waals surface area contributed by atoms with Gasteiger partial charge >= 0.3 is 6.18 Å². The molecule has 1 aromatic carbocycles. The summed E-state index contributed by atoms with van der Waals surface area (Å²) in [6, 6.07) is 5.53. The van der Waals surface area contributed by atoms with Gasteiger partial charge in [-0.1, -0.05) is 25.1 Å². The van der Waals surface area contributed by atoms with E-state index in [9.17, 15) is 18.0 Å². The van der Waals surface area contributed by atoms with Crippen LogP contribution < -0.4 is 10.6 Å². The van der Waals surface area contributed by atoms with Crippen molar-refractivity contribution >= 4 is 5.91 Å². The van der Waals surface area contributed by atoms with E-state index in [0.717, 1.165) is 32.0 Å². The first-order valence-electron chi connectivity index (χ1n) is 7.54. The van der Waals surface area contributed by atoms with E-state index in [1.165, 1.54) is 12.1 Å². The molecule has 1 aromatic rings.